The molecule has 0 bridgehead atoms. The lowest BCUT2D eigenvalue weighted by atomic mass is 10.1. The molecule has 0 radical (unpaired) electrons. The van der Waals surface area contributed by atoms with E-state index in [0.717, 1.165) is 21.4 Å². The van der Waals surface area contributed by atoms with Gasteiger partial charge in [0.15, 0.2) is 6.61 Å². The van der Waals surface area contributed by atoms with Crippen LogP contribution in [0, 0.1) is 0 Å². The standard InChI is InChI=1S/C23H21N3O5/c27-20(24-12-11-16-13-25-19-4-2-1-3-18(16)19)14-31-23(30)15-5-7-17(8-6-15)26-21(28)9-10-22(26)29/h1-8,13,25H,9-12,14H2,(H,24,27). The molecule has 0 atom stereocenters. The first-order valence-corrected chi connectivity index (χ1v) is 9.97. The number of esters is 1. The maximum Gasteiger partial charge on any atom is 0.338 e. The van der Waals surface area contributed by atoms with Gasteiger partial charge in [0.05, 0.1) is 11.3 Å². The minimum atomic E-state index is -0.655. The number of hydrogen-bond donors (Lipinski definition) is 2. The number of benzene rings is 2. The quantitative estimate of drug-likeness (QED) is 0.451. The normalized spacial score (nSPS) is 13.6. The number of aromatic nitrogens is 1. The van der Waals surface area contributed by atoms with Crippen molar-refractivity contribution in [2.75, 3.05) is 18.1 Å². The molecule has 0 saturated carbocycles. The van der Waals surface area contributed by atoms with Crippen molar-refractivity contribution in [3.05, 3.63) is 65.9 Å². The van der Waals surface area contributed by atoms with Crippen LogP contribution < -0.4 is 10.2 Å². The second-order valence-corrected chi connectivity index (χ2v) is 7.21. The molecular formula is C23H21N3O5. The zero-order chi connectivity index (χ0) is 21.8. The van der Waals surface area contributed by atoms with Crippen molar-refractivity contribution >= 4 is 40.3 Å². The molecule has 2 heterocycles. The van der Waals surface area contributed by atoms with E-state index in [-0.39, 0.29) is 30.2 Å². The molecule has 4 rings (SSSR count). The molecule has 0 spiro atoms. The number of anilines is 1. The maximum absolute atomic E-state index is 12.2. The fourth-order valence-electron chi connectivity index (χ4n) is 3.55. The smallest absolute Gasteiger partial charge is 0.338 e. The van der Waals surface area contributed by atoms with Crippen molar-refractivity contribution in [3.8, 4) is 0 Å². The SMILES string of the molecule is O=C(COC(=O)c1ccc(N2C(=O)CCC2=O)cc1)NCCc1c[nH]c2ccccc12. The molecule has 0 unspecified atom stereocenters. The highest BCUT2D eigenvalue weighted by atomic mass is 16.5. The van der Waals surface area contributed by atoms with Crippen LogP contribution in [0.5, 0.6) is 0 Å². The molecule has 8 heteroatoms. The van der Waals surface area contributed by atoms with Gasteiger partial charge in [-0.3, -0.25) is 19.3 Å². The van der Waals surface area contributed by atoms with Crippen LogP contribution >= 0.6 is 0 Å². The van der Waals surface area contributed by atoms with Gasteiger partial charge in [0.2, 0.25) is 11.8 Å². The number of hydrogen-bond acceptors (Lipinski definition) is 5. The molecule has 3 aromatic rings. The van der Waals surface area contributed by atoms with Crippen molar-refractivity contribution in [2.24, 2.45) is 0 Å². The van der Waals surface area contributed by atoms with Gasteiger partial charge < -0.3 is 15.0 Å². The molecule has 3 amide bonds. The number of para-hydroxylation sites is 1. The number of carbonyl (C=O) groups is 4. The second kappa shape index (κ2) is 8.83. The van der Waals surface area contributed by atoms with E-state index in [4.69, 9.17) is 4.74 Å². The highest BCUT2D eigenvalue weighted by Gasteiger charge is 2.30. The number of rotatable bonds is 7. The average molecular weight is 419 g/mol. The van der Waals surface area contributed by atoms with Gasteiger partial charge >= 0.3 is 5.97 Å². The number of carbonyl (C=O) groups excluding carboxylic acids is 4. The zero-order valence-corrected chi connectivity index (χ0v) is 16.7. The lowest BCUT2D eigenvalue weighted by Crippen LogP contribution is -2.30. The summed E-state index contributed by atoms with van der Waals surface area (Å²) in [6.07, 6.45) is 2.96. The van der Waals surface area contributed by atoms with Gasteiger partial charge in [0, 0.05) is 36.5 Å². The van der Waals surface area contributed by atoms with Gasteiger partial charge in [-0.05, 0) is 42.3 Å². The van der Waals surface area contributed by atoms with Gasteiger partial charge in [-0.2, -0.15) is 0 Å². The Labute approximate surface area is 178 Å². The molecule has 0 aliphatic carbocycles. The molecule has 2 N–H and O–H groups in total. The first-order chi connectivity index (χ1) is 15.0. The number of ether oxygens (including phenoxy) is 1. The molecular weight excluding hydrogens is 398 g/mol. The van der Waals surface area contributed by atoms with E-state index < -0.39 is 18.5 Å². The average Bonchev–Trinajstić information content (AvgIpc) is 3.35. The third kappa shape index (κ3) is 4.48. The summed E-state index contributed by atoms with van der Waals surface area (Å²) in [4.78, 5) is 52.0. The monoisotopic (exact) mass is 419 g/mol. The highest BCUT2D eigenvalue weighted by Crippen LogP contribution is 2.23. The third-order valence-corrected chi connectivity index (χ3v) is 5.14. The van der Waals surface area contributed by atoms with E-state index in [1.807, 2.05) is 30.5 Å². The Morgan fingerprint density at radius 1 is 1.00 bits per heavy atom. The summed E-state index contributed by atoms with van der Waals surface area (Å²) in [6, 6.07) is 13.9. The lowest BCUT2D eigenvalue weighted by Gasteiger charge is -2.14. The van der Waals surface area contributed by atoms with Gasteiger partial charge in [-0.15, -0.1) is 0 Å². The van der Waals surface area contributed by atoms with Gasteiger partial charge in [0.25, 0.3) is 5.91 Å². The van der Waals surface area contributed by atoms with Crippen LogP contribution in [0.2, 0.25) is 0 Å². The van der Waals surface area contributed by atoms with Crippen LogP contribution in [0.15, 0.2) is 54.7 Å². The van der Waals surface area contributed by atoms with Crippen molar-refractivity contribution in [3.63, 3.8) is 0 Å². The summed E-state index contributed by atoms with van der Waals surface area (Å²) >= 11 is 0. The molecule has 1 aliphatic rings. The van der Waals surface area contributed by atoms with E-state index in [2.05, 4.69) is 10.3 Å². The summed E-state index contributed by atoms with van der Waals surface area (Å²) < 4.78 is 5.05. The number of H-pyrrole nitrogens is 1. The summed E-state index contributed by atoms with van der Waals surface area (Å²) in [6.45, 7) is 0.0301. The summed E-state index contributed by atoms with van der Waals surface area (Å²) in [5.41, 5.74) is 2.79. The Kier molecular flexibility index (Phi) is 5.79. The van der Waals surface area contributed by atoms with Crippen LogP contribution in [-0.4, -0.2) is 41.8 Å². The molecule has 8 nitrogen and oxygen atoms in total. The topological polar surface area (TPSA) is 109 Å². The van der Waals surface area contributed by atoms with E-state index in [9.17, 15) is 19.2 Å². The Morgan fingerprint density at radius 2 is 1.71 bits per heavy atom. The van der Waals surface area contributed by atoms with E-state index in [1.54, 1.807) is 0 Å². The van der Waals surface area contributed by atoms with E-state index >= 15 is 0 Å². The lowest BCUT2D eigenvalue weighted by molar-refractivity contribution is -0.124. The van der Waals surface area contributed by atoms with E-state index in [0.29, 0.717) is 18.7 Å². The number of nitrogens with one attached hydrogen (secondary N) is 2. The summed E-state index contributed by atoms with van der Waals surface area (Å²) in [5.74, 6) is -1.57. The molecule has 1 aromatic heterocycles. The van der Waals surface area contributed by atoms with Crippen LogP contribution in [0.3, 0.4) is 0 Å². The number of aromatic amines is 1. The van der Waals surface area contributed by atoms with Crippen LogP contribution in [-0.2, 0) is 25.5 Å². The molecule has 2 aromatic carbocycles. The fraction of sp³-hybridized carbons (Fsp3) is 0.217. The van der Waals surface area contributed by atoms with Crippen molar-refractivity contribution in [1.82, 2.24) is 10.3 Å². The minimum absolute atomic E-state index is 0.193. The maximum atomic E-state index is 12.2. The second-order valence-electron chi connectivity index (χ2n) is 7.21. The van der Waals surface area contributed by atoms with Gasteiger partial charge in [0.1, 0.15) is 0 Å². The Hall–Kier alpha value is -3.94. The van der Waals surface area contributed by atoms with Crippen LogP contribution in [0.25, 0.3) is 10.9 Å². The molecule has 31 heavy (non-hydrogen) atoms. The largest absolute Gasteiger partial charge is 0.452 e. The fourth-order valence-corrected chi connectivity index (χ4v) is 3.55. The summed E-state index contributed by atoms with van der Waals surface area (Å²) in [5, 5.41) is 3.85. The highest BCUT2D eigenvalue weighted by molar-refractivity contribution is 6.19. The predicted molar refractivity (Wildman–Crippen MR) is 113 cm³/mol. The molecule has 1 aliphatic heterocycles. The van der Waals surface area contributed by atoms with Crippen LogP contribution in [0.4, 0.5) is 5.69 Å². The number of imide groups is 1. The van der Waals surface area contributed by atoms with Gasteiger partial charge in [-0.25, -0.2) is 4.79 Å². The first-order valence-electron chi connectivity index (χ1n) is 9.97. The molecule has 1 saturated heterocycles. The minimum Gasteiger partial charge on any atom is -0.452 e. The Balaban J connectivity index is 1.24. The number of fused-ring (bicyclic) bond motifs is 1. The summed E-state index contributed by atoms with van der Waals surface area (Å²) in [7, 11) is 0. The molecule has 1 fully saturated rings. The predicted octanol–water partition coefficient (Wildman–Crippen LogP) is 2.34. The zero-order valence-electron chi connectivity index (χ0n) is 16.7. The van der Waals surface area contributed by atoms with Crippen LogP contribution in [0.1, 0.15) is 28.8 Å². The first kappa shape index (κ1) is 20.3. The Morgan fingerprint density at radius 3 is 2.45 bits per heavy atom. The van der Waals surface area contributed by atoms with Crippen molar-refractivity contribution < 1.29 is 23.9 Å². The van der Waals surface area contributed by atoms with Gasteiger partial charge in [-0.1, -0.05) is 18.2 Å². The number of amides is 3. The third-order valence-electron chi connectivity index (χ3n) is 5.14. The Bertz CT molecular complexity index is 1130. The van der Waals surface area contributed by atoms with E-state index in [1.165, 1.54) is 24.3 Å². The van der Waals surface area contributed by atoms with Crippen molar-refractivity contribution in [2.45, 2.75) is 19.3 Å². The molecule has 158 valence electrons. The number of nitrogens with zero attached hydrogens (tertiary/aromatic N) is 1. The van der Waals surface area contributed by atoms with Crippen molar-refractivity contribution in [1.29, 1.82) is 0 Å².